The van der Waals surface area contributed by atoms with Crippen LogP contribution in [0.15, 0.2) is 17.1 Å². The number of ether oxygens (including phenoxy) is 1. The maximum Gasteiger partial charge on any atom is 0.243 e. The molecule has 0 aromatic rings. The second-order valence-electron chi connectivity index (χ2n) is 6.16. The Morgan fingerprint density at radius 3 is 2.71 bits per heavy atom. The van der Waals surface area contributed by atoms with Crippen molar-refractivity contribution in [3.05, 3.63) is 12.2 Å². The van der Waals surface area contributed by atoms with Gasteiger partial charge in [0.15, 0.2) is 5.96 Å². The molecule has 1 atom stereocenters. The average Bonchev–Trinajstić information content (AvgIpc) is 3.20. The topological polar surface area (TPSA) is 60.4 Å². The quantitative estimate of drug-likeness (QED) is 0.206. The van der Waals surface area contributed by atoms with Gasteiger partial charge in [-0.2, -0.15) is 0 Å². The van der Waals surface area contributed by atoms with E-state index in [4.69, 9.17) is 4.74 Å². The van der Waals surface area contributed by atoms with Crippen LogP contribution in [0.25, 0.3) is 0 Å². The number of guanidine groups is 1. The number of methoxy groups -OCH3 is 1. The van der Waals surface area contributed by atoms with Crippen LogP contribution in [0, 0.1) is 0 Å². The fourth-order valence-electron chi connectivity index (χ4n) is 2.84. The monoisotopic (exact) mass is 451 g/mol. The first kappa shape index (κ1) is 21.2. The van der Waals surface area contributed by atoms with Crippen LogP contribution >= 0.6 is 24.0 Å². The number of nitrogens with one attached hydrogen (secondary N) is 1. The van der Waals surface area contributed by atoms with Gasteiger partial charge in [0.2, 0.25) is 5.91 Å². The zero-order chi connectivity index (χ0) is 16.7. The molecule has 1 unspecified atom stereocenters. The summed E-state index contributed by atoms with van der Waals surface area (Å²) < 4.78 is 5.09. The maximum atomic E-state index is 11.8. The Bertz CT molecular complexity index is 448. The lowest BCUT2D eigenvalue weighted by Gasteiger charge is -2.25. The van der Waals surface area contributed by atoms with Crippen molar-refractivity contribution in [1.29, 1.82) is 0 Å². The van der Waals surface area contributed by atoms with Gasteiger partial charge in [-0.15, -0.1) is 24.0 Å². The third kappa shape index (κ3) is 6.21. The number of carbonyl (C=O) groups excluding carboxylic acids is 1. The van der Waals surface area contributed by atoms with Gasteiger partial charge >= 0.3 is 0 Å². The minimum Gasteiger partial charge on any atom is -0.383 e. The lowest BCUT2D eigenvalue weighted by atomic mass is 10.2. The van der Waals surface area contributed by atoms with Crippen molar-refractivity contribution in [3.63, 3.8) is 0 Å². The largest absolute Gasteiger partial charge is 0.383 e. The number of halogens is 1. The van der Waals surface area contributed by atoms with E-state index >= 15 is 0 Å². The van der Waals surface area contributed by atoms with Crippen molar-refractivity contribution in [3.8, 4) is 0 Å². The Morgan fingerprint density at radius 1 is 1.38 bits per heavy atom. The highest BCUT2D eigenvalue weighted by Crippen LogP contribution is 2.17. The number of aliphatic imine (C=N–C) groups is 1. The number of amides is 1. The van der Waals surface area contributed by atoms with E-state index in [1.165, 1.54) is 0 Å². The molecule has 1 N–H and O–H groups in total. The van der Waals surface area contributed by atoms with Crippen LogP contribution in [0.3, 0.4) is 0 Å². The Hall–Kier alpha value is -0.870. The summed E-state index contributed by atoms with van der Waals surface area (Å²) in [6, 6.07) is 0.559. The molecule has 24 heavy (non-hydrogen) atoms. The fourth-order valence-corrected chi connectivity index (χ4v) is 2.84. The average molecular weight is 451 g/mol. The van der Waals surface area contributed by atoms with E-state index in [2.05, 4.69) is 32.3 Å². The summed E-state index contributed by atoms with van der Waals surface area (Å²) in [5.41, 5.74) is 0. The van der Waals surface area contributed by atoms with Crippen LogP contribution < -0.4 is 5.32 Å². The minimum atomic E-state index is 0. The second kappa shape index (κ2) is 10.9. The van der Waals surface area contributed by atoms with Crippen molar-refractivity contribution in [1.82, 2.24) is 20.0 Å². The van der Waals surface area contributed by atoms with Gasteiger partial charge in [-0.1, -0.05) is 12.2 Å². The normalized spacial score (nSPS) is 21.0. The van der Waals surface area contributed by atoms with Gasteiger partial charge in [0.05, 0.1) is 6.61 Å². The number of nitrogens with zero attached hydrogens (tertiary/aromatic N) is 4. The summed E-state index contributed by atoms with van der Waals surface area (Å²) in [6.07, 6.45) is 5.59. The van der Waals surface area contributed by atoms with Gasteiger partial charge in [0.25, 0.3) is 0 Å². The van der Waals surface area contributed by atoms with Crippen molar-refractivity contribution in [2.75, 3.05) is 67.1 Å². The van der Waals surface area contributed by atoms with Crippen LogP contribution in [-0.2, 0) is 9.53 Å². The summed E-state index contributed by atoms with van der Waals surface area (Å²) in [5.74, 6) is 0.822. The van der Waals surface area contributed by atoms with Crippen molar-refractivity contribution < 1.29 is 9.53 Å². The standard InChI is InChI=1S/C16H29N5O2.HI/c1-19(2)15(22)12-18-16(17-7-11-23-3)21-10-6-14(13-21)20-8-4-5-9-20;/h4-5,14H,6-13H2,1-3H3,(H,17,18);1H. The Morgan fingerprint density at radius 2 is 2.08 bits per heavy atom. The molecular weight excluding hydrogens is 421 g/mol. The summed E-state index contributed by atoms with van der Waals surface area (Å²) in [7, 11) is 5.19. The third-order valence-electron chi connectivity index (χ3n) is 4.28. The van der Waals surface area contributed by atoms with Gasteiger partial charge in [-0.3, -0.25) is 9.69 Å². The minimum absolute atomic E-state index is 0. The molecule has 2 heterocycles. The van der Waals surface area contributed by atoms with E-state index in [9.17, 15) is 4.79 Å². The molecule has 0 radical (unpaired) electrons. The number of hydrogen-bond donors (Lipinski definition) is 1. The molecule has 8 heteroatoms. The van der Waals surface area contributed by atoms with Crippen molar-refractivity contribution >= 4 is 35.8 Å². The third-order valence-corrected chi connectivity index (χ3v) is 4.28. The molecule has 0 saturated carbocycles. The molecule has 138 valence electrons. The van der Waals surface area contributed by atoms with Gasteiger partial charge in [0.1, 0.15) is 6.54 Å². The number of rotatable bonds is 6. The highest BCUT2D eigenvalue weighted by Gasteiger charge is 2.29. The van der Waals surface area contributed by atoms with Gasteiger partial charge in [0, 0.05) is 60.0 Å². The van der Waals surface area contributed by atoms with E-state index in [-0.39, 0.29) is 36.4 Å². The van der Waals surface area contributed by atoms with Gasteiger partial charge in [-0.05, 0) is 6.42 Å². The molecule has 0 aliphatic carbocycles. The van der Waals surface area contributed by atoms with E-state index in [0.29, 0.717) is 19.2 Å². The predicted molar refractivity (Wildman–Crippen MR) is 107 cm³/mol. The molecule has 1 fully saturated rings. The van der Waals surface area contributed by atoms with Crippen molar-refractivity contribution in [2.45, 2.75) is 12.5 Å². The molecule has 2 aliphatic heterocycles. The zero-order valence-electron chi connectivity index (χ0n) is 14.9. The molecule has 0 aromatic carbocycles. The van der Waals surface area contributed by atoms with Crippen LogP contribution in [0.5, 0.6) is 0 Å². The number of likely N-dealkylation sites (N-methyl/N-ethyl adjacent to an activating group) is 1. The second-order valence-corrected chi connectivity index (χ2v) is 6.16. The molecule has 0 spiro atoms. The summed E-state index contributed by atoms with van der Waals surface area (Å²) >= 11 is 0. The van der Waals surface area contributed by atoms with Gasteiger partial charge < -0.3 is 19.9 Å². The van der Waals surface area contributed by atoms with E-state index in [0.717, 1.165) is 38.6 Å². The number of hydrogen-bond acceptors (Lipinski definition) is 4. The summed E-state index contributed by atoms with van der Waals surface area (Å²) in [6.45, 7) is 5.50. The Balaban J connectivity index is 0.00000288. The first-order valence-electron chi connectivity index (χ1n) is 8.23. The molecular formula is C16H30IN5O2. The lowest BCUT2D eigenvalue weighted by molar-refractivity contribution is -0.127. The SMILES string of the molecule is COCCNC(=NCC(=O)N(C)C)N1CCC(N2CC=CC2)C1.I. The molecule has 2 aliphatic rings. The molecule has 0 bridgehead atoms. The zero-order valence-corrected chi connectivity index (χ0v) is 17.2. The smallest absolute Gasteiger partial charge is 0.243 e. The van der Waals surface area contributed by atoms with E-state index in [1.54, 1.807) is 26.1 Å². The van der Waals surface area contributed by atoms with Crippen LogP contribution in [0.1, 0.15) is 6.42 Å². The highest BCUT2D eigenvalue weighted by atomic mass is 127. The Kier molecular flexibility index (Phi) is 9.60. The van der Waals surface area contributed by atoms with Crippen LogP contribution in [-0.4, -0.2) is 99.7 Å². The summed E-state index contributed by atoms with van der Waals surface area (Å²) in [5, 5.41) is 3.31. The van der Waals surface area contributed by atoms with E-state index in [1.807, 2.05) is 0 Å². The molecule has 0 aromatic heterocycles. The first-order chi connectivity index (χ1) is 11.1. The highest BCUT2D eigenvalue weighted by molar-refractivity contribution is 14.0. The summed E-state index contributed by atoms with van der Waals surface area (Å²) in [4.78, 5) is 22.6. The molecule has 7 nitrogen and oxygen atoms in total. The van der Waals surface area contributed by atoms with Crippen LogP contribution in [0.4, 0.5) is 0 Å². The first-order valence-corrected chi connectivity index (χ1v) is 8.23. The lowest BCUT2D eigenvalue weighted by Crippen LogP contribution is -2.44. The van der Waals surface area contributed by atoms with Gasteiger partial charge in [-0.25, -0.2) is 4.99 Å². The molecule has 2 rings (SSSR count). The predicted octanol–water partition coefficient (Wildman–Crippen LogP) is 0.231. The maximum absolute atomic E-state index is 11.8. The molecule has 1 saturated heterocycles. The van der Waals surface area contributed by atoms with E-state index < -0.39 is 0 Å². The number of likely N-dealkylation sites (tertiary alicyclic amines) is 1. The van der Waals surface area contributed by atoms with Crippen LogP contribution in [0.2, 0.25) is 0 Å². The number of carbonyl (C=O) groups is 1. The van der Waals surface area contributed by atoms with Crippen molar-refractivity contribution in [2.24, 2.45) is 4.99 Å². The molecule has 1 amide bonds. The fraction of sp³-hybridized carbons (Fsp3) is 0.750. The Labute approximate surface area is 162 Å².